The van der Waals surface area contributed by atoms with Gasteiger partial charge in [-0.2, -0.15) is 18.2 Å². The van der Waals surface area contributed by atoms with Crippen LogP contribution in [0.3, 0.4) is 0 Å². The Bertz CT molecular complexity index is 1100. The van der Waals surface area contributed by atoms with Crippen molar-refractivity contribution in [2.45, 2.75) is 63.4 Å². The van der Waals surface area contributed by atoms with Gasteiger partial charge in [-0.25, -0.2) is 9.97 Å². The van der Waals surface area contributed by atoms with E-state index in [1.54, 1.807) is 4.90 Å². The number of alkyl halides is 3. The standard InChI is InChI=1S/C23H27F3N6O3/c1-13-21(34)32-8-2-3-17-19(32)20(31(13)9-10-33)30-22(29-17)28-14-4-5-15(11-14)35-16-6-7-18(27-12-16)23(24,25)26/h6-7,12-15,33H,2-5,8-11H2,1H3,(H,28,29,30)/t13-,14+,15+/m0/s1. The molecule has 3 atom stereocenters. The van der Waals surface area contributed by atoms with Crippen molar-refractivity contribution >= 4 is 23.4 Å². The molecule has 0 bridgehead atoms. The maximum atomic E-state index is 12.9. The van der Waals surface area contributed by atoms with E-state index in [9.17, 15) is 23.1 Å². The lowest BCUT2D eigenvalue weighted by molar-refractivity contribution is -0.141. The van der Waals surface area contributed by atoms with Crippen LogP contribution in [0.5, 0.6) is 5.75 Å². The van der Waals surface area contributed by atoms with E-state index >= 15 is 0 Å². The summed E-state index contributed by atoms with van der Waals surface area (Å²) >= 11 is 0. The first kappa shape index (κ1) is 23.6. The van der Waals surface area contributed by atoms with E-state index in [0.29, 0.717) is 37.0 Å². The first-order chi connectivity index (χ1) is 16.7. The summed E-state index contributed by atoms with van der Waals surface area (Å²) in [4.78, 5) is 29.3. The zero-order chi connectivity index (χ0) is 24.7. The third-order valence-electron chi connectivity index (χ3n) is 6.75. The lowest BCUT2D eigenvalue weighted by Gasteiger charge is -2.43. The topological polar surface area (TPSA) is 104 Å². The average Bonchev–Trinajstić information content (AvgIpc) is 3.26. The Morgan fingerprint density at radius 1 is 1.26 bits per heavy atom. The van der Waals surface area contributed by atoms with E-state index in [1.807, 2.05) is 11.8 Å². The minimum absolute atomic E-state index is 0.00949. The number of aryl methyl sites for hydroxylation is 1. The number of aromatic nitrogens is 3. The van der Waals surface area contributed by atoms with Crippen molar-refractivity contribution in [3.63, 3.8) is 0 Å². The highest BCUT2D eigenvalue weighted by atomic mass is 19.4. The number of halogens is 3. The SMILES string of the molecule is C[C@H]1C(=O)N2CCCc3nc(N[C@@H]4CC[C@@H](Oc5ccc(C(F)(F)F)nc5)C4)nc(c32)N1CCO. The maximum absolute atomic E-state index is 12.9. The Balaban J connectivity index is 1.29. The summed E-state index contributed by atoms with van der Waals surface area (Å²) in [5.41, 5.74) is 0.600. The van der Waals surface area contributed by atoms with Crippen molar-refractivity contribution in [2.24, 2.45) is 0 Å². The van der Waals surface area contributed by atoms with E-state index < -0.39 is 17.9 Å². The van der Waals surface area contributed by atoms with E-state index in [-0.39, 0.29) is 24.7 Å². The lowest BCUT2D eigenvalue weighted by Crippen LogP contribution is -2.55. The quantitative estimate of drug-likeness (QED) is 0.635. The Morgan fingerprint density at radius 2 is 2.09 bits per heavy atom. The number of aliphatic hydroxyl groups is 1. The van der Waals surface area contributed by atoms with Gasteiger partial charge in [-0.1, -0.05) is 0 Å². The molecule has 1 saturated carbocycles. The first-order valence-electron chi connectivity index (χ1n) is 11.8. The van der Waals surface area contributed by atoms with Crippen LogP contribution < -0.4 is 19.9 Å². The summed E-state index contributed by atoms with van der Waals surface area (Å²) in [5, 5.41) is 12.9. The molecule has 0 saturated heterocycles. The second-order valence-electron chi connectivity index (χ2n) is 9.12. The molecule has 1 amide bonds. The third-order valence-corrected chi connectivity index (χ3v) is 6.75. The molecule has 188 valence electrons. The Kier molecular flexibility index (Phi) is 6.16. The number of aliphatic hydroxyl groups excluding tert-OH is 1. The summed E-state index contributed by atoms with van der Waals surface area (Å²) < 4.78 is 44.0. The smallest absolute Gasteiger partial charge is 0.433 e. The number of β-amino-alcohol motifs (C(OH)–C–C–N with tert-alkyl or cyclic N) is 1. The number of rotatable bonds is 6. The van der Waals surface area contributed by atoms with Crippen LogP contribution in [0.15, 0.2) is 18.3 Å². The van der Waals surface area contributed by atoms with E-state index in [1.165, 1.54) is 6.07 Å². The number of ether oxygens (including phenoxy) is 1. The minimum atomic E-state index is -4.48. The zero-order valence-corrected chi connectivity index (χ0v) is 19.3. The van der Waals surface area contributed by atoms with Crippen molar-refractivity contribution in [3.05, 3.63) is 29.7 Å². The predicted octanol–water partition coefficient (Wildman–Crippen LogP) is 2.78. The van der Waals surface area contributed by atoms with Gasteiger partial charge < -0.3 is 25.0 Å². The molecular formula is C23H27F3N6O3. The molecule has 9 nitrogen and oxygen atoms in total. The summed E-state index contributed by atoms with van der Waals surface area (Å²) in [7, 11) is 0. The number of nitrogens with zero attached hydrogens (tertiary/aromatic N) is 5. The van der Waals surface area contributed by atoms with Gasteiger partial charge in [0.1, 0.15) is 29.3 Å². The molecule has 2 aliphatic heterocycles. The highest BCUT2D eigenvalue weighted by Crippen LogP contribution is 2.40. The molecule has 2 N–H and O–H groups in total. The van der Waals surface area contributed by atoms with Gasteiger partial charge in [0, 0.05) is 25.6 Å². The molecule has 1 fully saturated rings. The summed E-state index contributed by atoms with van der Waals surface area (Å²) in [5.74, 6) is 1.41. The zero-order valence-electron chi connectivity index (χ0n) is 19.3. The number of anilines is 3. The van der Waals surface area contributed by atoms with Crippen LogP contribution in [0.4, 0.5) is 30.6 Å². The van der Waals surface area contributed by atoms with Crippen LogP contribution in [-0.4, -0.2) is 63.8 Å². The monoisotopic (exact) mass is 492 g/mol. The van der Waals surface area contributed by atoms with Gasteiger partial charge in [0.15, 0.2) is 5.82 Å². The molecule has 2 aromatic heterocycles. The molecule has 0 spiro atoms. The number of nitrogens with one attached hydrogen (secondary N) is 1. The van der Waals surface area contributed by atoms with Gasteiger partial charge in [-0.05, 0) is 44.7 Å². The Hall–Kier alpha value is -3.15. The highest BCUT2D eigenvalue weighted by molar-refractivity contribution is 6.05. The predicted molar refractivity (Wildman–Crippen MR) is 122 cm³/mol. The fraction of sp³-hybridized carbons (Fsp3) is 0.565. The first-order valence-corrected chi connectivity index (χ1v) is 11.8. The largest absolute Gasteiger partial charge is 0.489 e. The lowest BCUT2D eigenvalue weighted by atomic mass is 10.0. The number of carbonyl (C=O) groups is 1. The van der Waals surface area contributed by atoms with Crippen molar-refractivity contribution in [1.29, 1.82) is 0 Å². The molecule has 0 radical (unpaired) electrons. The number of carbonyl (C=O) groups excluding carboxylic acids is 1. The van der Waals surface area contributed by atoms with Crippen LogP contribution in [0.2, 0.25) is 0 Å². The van der Waals surface area contributed by atoms with Gasteiger partial charge in [0.05, 0.1) is 18.5 Å². The van der Waals surface area contributed by atoms with Crippen LogP contribution >= 0.6 is 0 Å². The van der Waals surface area contributed by atoms with Gasteiger partial charge in [-0.15, -0.1) is 0 Å². The molecule has 5 rings (SSSR count). The Morgan fingerprint density at radius 3 is 2.80 bits per heavy atom. The van der Waals surface area contributed by atoms with Gasteiger partial charge in [-0.3, -0.25) is 4.79 Å². The third kappa shape index (κ3) is 4.58. The summed E-state index contributed by atoms with van der Waals surface area (Å²) in [6.45, 7) is 2.65. The molecule has 2 aromatic rings. The summed E-state index contributed by atoms with van der Waals surface area (Å²) in [6, 6.07) is 1.81. The second kappa shape index (κ2) is 9.14. The normalized spacial score (nSPS) is 23.9. The Labute approximate surface area is 200 Å². The van der Waals surface area contributed by atoms with Crippen molar-refractivity contribution in [2.75, 3.05) is 34.8 Å². The number of hydrogen-bond acceptors (Lipinski definition) is 8. The van der Waals surface area contributed by atoms with Crippen LogP contribution in [-0.2, 0) is 17.4 Å². The number of hydrogen-bond donors (Lipinski definition) is 2. The molecule has 0 aromatic carbocycles. The van der Waals surface area contributed by atoms with E-state index in [0.717, 1.165) is 49.3 Å². The van der Waals surface area contributed by atoms with Crippen molar-refractivity contribution < 1.29 is 27.8 Å². The second-order valence-corrected chi connectivity index (χ2v) is 9.12. The maximum Gasteiger partial charge on any atom is 0.433 e. The van der Waals surface area contributed by atoms with E-state index in [2.05, 4.69) is 10.3 Å². The van der Waals surface area contributed by atoms with Gasteiger partial charge in [0.25, 0.3) is 0 Å². The van der Waals surface area contributed by atoms with E-state index in [4.69, 9.17) is 14.7 Å². The van der Waals surface area contributed by atoms with Crippen LogP contribution in [0, 0.1) is 0 Å². The molecule has 12 heteroatoms. The van der Waals surface area contributed by atoms with Gasteiger partial charge >= 0.3 is 6.18 Å². The molecule has 35 heavy (non-hydrogen) atoms. The molecular weight excluding hydrogens is 465 g/mol. The fourth-order valence-electron chi connectivity index (χ4n) is 5.06. The highest BCUT2D eigenvalue weighted by Gasteiger charge is 2.40. The van der Waals surface area contributed by atoms with Gasteiger partial charge in [0.2, 0.25) is 11.9 Å². The van der Waals surface area contributed by atoms with Crippen LogP contribution in [0.25, 0.3) is 0 Å². The number of amides is 1. The van der Waals surface area contributed by atoms with Crippen LogP contribution in [0.1, 0.15) is 44.0 Å². The van der Waals surface area contributed by atoms with Crippen molar-refractivity contribution in [1.82, 2.24) is 15.0 Å². The number of pyridine rings is 1. The minimum Gasteiger partial charge on any atom is -0.489 e. The molecule has 4 heterocycles. The molecule has 1 aliphatic carbocycles. The van der Waals surface area contributed by atoms with Crippen molar-refractivity contribution in [3.8, 4) is 5.75 Å². The molecule has 0 unspecified atom stereocenters. The average molecular weight is 493 g/mol. The fourth-order valence-corrected chi connectivity index (χ4v) is 5.06. The molecule has 3 aliphatic rings. The summed E-state index contributed by atoms with van der Waals surface area (Å²) in [6.07, 6.45) is 0.167.